The zero-order valence-electron chi connectivity index (χ0n) is 16.9. The molecule has 2 fully saturated rings. The van der Waals surface area contributed by atoms with Gasteiger partial charge in [-0.25, -0.2) is 14.2 Å². The number of halogens is 1. The van der Waals surface area contributed by atoms with Gasteiger partial charge in [0.1, 0.15) is 11.9 Å². The Hall–Kier alpha value is -3.21. The number of thiazole rings is 1. The summed E-state index contributed by atoms with van der Waals surface area (Å²) < 4.78 is 20.1. The zero-order valence-corrected chi connectivity index (χ0v) is 17.7. The number of piperazine rings is 1. The predicted molar refractivity (Wildman–Crippen MR) is 113 cm³/mol. The molecule has 0 spiro atoms. The molecule has 164 valence electrons. The lowest BCUT2D eigenvalue weighted by atomic mass is 10.2. The number of nitrogens with zero attached hydrogens (tertiary/aromatic N) is 4. The summed E-state index contributed by atoms with van der Waals surface area (Å²) in [6, 6.07) is 4.62. The van der Waals surface area contributed by atoms with Gasteiger partial charge in [-0.1, -0.05) is 0 Å². The van der Waals surface area contributed by atoms with E-state index in [0.29, 0.717) is 42.6 Å². The Bertz CT molecular complexity index is 978. The molecular formula is C20H22FN5O4S. The number of nitrogens with one attached hydrogen (secondary N) is 1. The molecule has 0 radical (unpaired) electrons. The van der Waals surface area contributed by atoms with Gasteiger partial charge in [0.2, 0.25) is 5.91 Å². The lowest BCUT2D eigenvalue weighted by Crippen LogP contribution is -2.49. The van der Waals surface area contributed by atoms with E-state index in [1.165, 1.54) is 29.2 Å². The standard InChI is InChI=1S/C20H22FN5O4S/c1-13(27)23-11-15-12-26(20(29)30-15)14-2-3-17(16(21)10-14)24-5-7-25(8-6-24)19(28)18-22-4-9-31-18/h2-4,9-10,15H,5-8,11-12H2,1H3,(H,23,27)/t15-/m0/s1. The van der Waals surface area contributed by atoms with Gasteiger partial charge in [0.25, 0.3) is 5.91 Å². The average Bonchev–Trinajstić information content (AvgIpc) is 3.42. The van der Waals surface area contributed by atoms with Crippen LogP contribution in [0, 0.1) is 5.82 Å². The maximum atomic E-state index is 14.9. The number of rotatable bonds is 5. The Morgan fingerprint density at radius 3 is 2.71 bits per heavy atom. The molecule has 2 aliphatic heterocycles. The van der Waals surface area contributed by atoms with Crippen molar-refractivity contribution >= 4 is 40.6 Å². The van der Waals surface area contributed by atoms with E-state index in [-0.39, 0.29) is 24.9 Å². The summed E-state index contributed by atoms with van der Waals surface area (Å²) in [6.45, 7) is 3.77. The minimum Gasteiger partial charge on any atom is -0.442 e. The Balaban J connectivity index is 1.38. The van der Waals surface area contributed by atoms with Crippen LogP contribution in [0.2, 0.25) is 0 Å². The van der Waals surface area contributed by atoms with Gasteiger partial charge in [0.15, 0.2) is 5.01 Å². The first-order valence-electron chi connectivity index (χ1n) is 9.88. The Morgan fingerprint density at radius 1 is 1.29 bits per heavy atom. The number of aromatic nitrogens is 1. The highest BCUT2D eigenvalue weighted by Gasteiger charge is 2.33. The van der Waals surface area contributed by atoms with Crippen molar-refractivity contribution in [2.24, 2.45) is 0 Å². The Morgan fingerprint density at radius 2 is 2.06 bits per heavy atom. The fourth-order valence-corrected chi connectivity index (χ4v) is 4.23. The maximum Gasteiger partial charge on any atom is 0.414 e. The second-order valence-electron chi connectivity index (χ2n) is 7.31. The van der Waals surface area contributed by atoms with E-state index in [0.717, 1.165) is 0 Å². The van der Waals surface area contributed by atoms with Crippen molar-refractivity contribution in [1.82, 2.24) is 15.2 Å². The van der Waals surface area contributed by atoms with E-state index in [1.54, 1.807) is 28.6 Å². The quantitative estimate of drug-likeness (QED) is 0.750. The number of amides is 3. The Labute approximate surface area is 182 Å². The number of carbonyl (C=O) groups excluding carboxylic acids is 3. The fraction of sp³-hybridized carbons (Fsp3) is 0.400. The summed E-state index contributed by atoms with van der Waals surface area (Å²) in [5, 5.41) is 4.83. The minimum atomic E-state index is -0.572. The Kier molecular flexibility index (Phi) is 6.03. The van der Waals surface area contributed by atoms with Crippen LogP contribution in [0.3, 0.4) is 0 Å². The SMILES string of the molecule is CC(=O)NC[C@H]1CN(c2ccc(N3CCN(C(=O)c4nccs4)CC3)c(F)c2)C(=O)O1. The van der Waals surface area contributed by atoms with E-state index < -0.39 is 18.0 Å². The third kappa shape index (κ3) is 4.61. The summed E-state index contributed by atoms with van der Waals surface area (Å²) in [7, 11) is 0. The molecule has 0 aliphatic carbocycles. The molecule has 0 saturated carbocycles. The number of cyclic esters (lactones) is 1. The van der Waals surface area contributed by atoms with E-state index in [9.17, 15) is 18.8 Å². The highest BCUT2D eigenvalue weighted by atomic mass is 32.1. The molecule has 11 heteroatoms. The van der Waals surface area contributed by atoms with E-state index in [1.807, 2.05) is 4.90 Å². The number of hydrogen-bond donors (Lipinski definition) is 1. The van der Waals surface area contributed by atoms with Crippen molar-refractivity contribution in [1.29, 1.82) is 0 Å². The molecule has 1 aromatic carbocycles. The molecule has 31 heavy (non-hydrogen) atoms. The summed E-state index contributed by atoms with van der Waals surface area (Å²) in [5.74, 6) is -0.763. The third-order valence-electron chi connectivity index (χ3n) is 5.22. The average molecular weight is 447 g/mol. The highest BCUT2D eigenvalue weighted by Crippen LogP contribution is 2.28. The summed E-state index contributed by atoms with van der Waals surface area (Å²) in [5.41, 5.74) is 0.821. The minimum absolute atomic E-state index is 0.105. The van der Waals surface area contributed by atoms with Crippen LogP contribution >= 0.6 is 11.3 Å². The van der Waals surface area contributed by atoms with E-state index in [2.05, 4.69) is 10.3 Å². The highest BCUT2D eigenvalue weighted by molar-refractivity contribution is 7.11. The lowest BCUT2D eigenvalue weighted by molar-refractivity contribution is -0.119. The molecule has 4 rings (SSSR count). The van der Waals surface area contributed by atoms with Crippen LogP contribution in [0.1, 0.15) is 16.7 Å². The van der Waals surface area contributed by atoms with Crippen LogP contribution in [0.5, 0.6) is 0 Å². The first-order valence-corrected chi connectivity index (χ1v) is 10.8. The van der Waals surface area contributed by atoms with Gasteiger partial charge in [-0.15, -0.1) is 11.3 Å². The van der Waals surface area contributed by atoms with Crippen molar-refractivity contribution in [3.05, 3.63) is 40.6 Å². The molecular weight excluding hydrogens is 425 g/mol. The molecule has 1 aromatic heterocycles. The number of anilines is 2. The molecule has 2 aliphatic rings. The molecule has 1 atom stereocenters. The molecule has 1 N–H and O–H groups in total. The molecule has 3 heterocycles. The molecule has 3 amide bonds. The van der Waals surface area contributed by atoms with Gasteiger partial charge in [-0.2, -0.15) is 0 Å². The first kappa shape index (κ1) is 21.0. The molecule has 0 bridgehead atoms. The fourth-order valence-electron chi connectivity index (χ4n) is 3.63. The van der Waals surface area contributed by atoms with Gasteiger partial charge in [-0.3, -0.25) is 14.5 Å². The van der Waals surface area contributed by atoms with Crippen molar-refractivity contribution in [3.63, 3.8) is 0 Å². The summed E-state index contributed by atoms with van der Waals surface area (Å²) >= 11 is 1.30. The normalized spacial score (nSPS) is 18.8. The van der Waals surface area contributed by atoms with Crippen LogP contribution in [-0.4, -0.2) is 73.2 Å². The topological polar surface area (TPSA) is 95.1 Å². The van der Waals surface area contributed by atoms with Crippen molar-refractivity contribution in [3.8, 4) is 0 Å². The van der Waals surface area contributed by atoms with E-state index >= 15 is 0 Å². The zero-order chi connectivity index (χ0) is 22.0. The van der Waals surface area contributed by atoms with Crippen LogP contribution < -0.4 is 15.1 Å². The monoisotopic (exact) mass is 447 g/mol. The third-order valence-corrected chi connectivity index (χ3v) is 5.98. The van der Waals surface area contributed by atoms with Gasteiger partial charge in [-0.05, 0) is 18.2 Å². The summed E-state index contributed by atoms with van der Waals surface area (Å²) in [6.07, 6.45) is 0.544. The van der Waals surface area contributed by atoms with Gasteiger partial charge < -0.3 is 19.9 Å². The van der Waals surface area contributed by atoms with Crippen molar-refractivity contribution in [2.45, 2.75) is 13.0 Å². The number of ether oxygens (including phenoxy) is 1. The van der Waals surface area contributed by atoms with E-state index in [4.69, 9.17) is 4.74 Å². The molecule has 0 unspecified atom stereocenters. The van der Waals surface area contributed by atoms with Crippen LogP contribution in [0.25, 0.3) is 0 Å². The maximum absolute atomic E-state index is 14.9. The first-order chi connectivity index (χ1) is 14.9. The van der Waals surface area contributed by atoms with Crippen molar-refractivity contribution < 1.29 is 23.5 Å². The van der Waals surface area contributed by atoms with Gasteiger partial charge in [0.05, 0.1) is 24.5 Å². The van der Waals surface area contributed by atoms with Crippen LogP contribution in [-0.2, 0) is 9.53 Å². The largest absolute Gasteiger partial charge is 0.442 e. The molecule has 2 aromatic rings. The number of hydrogen-bond acceptors (Lipinski definition) is 7. The smallest absolute Gasteiger partial charge is 0.414 e. The van der Waals surface area contributed by atoms with Gasteiger partial charge >= 0.3 is 6.09 Å². The summed E-state index contributed by atoms with van der Waals surface area (Å²) in [4.78, 5) is 44.6. The predicted octanol–water partition coefficient (Wildman–Crippen LogP) is 1.71. The molecule has 2 saturated heterocycles. The van der Waals surface area contributed by atoms with Crippen LogP contribution in [0.15, 0.2) is 29.8 Å². The molecule has 9 nitrogen and oxygen atoms in total. The second-order valence-corrected chi connectivity index (χ2v) is 8.20. The number of benzene rings is 1. The second kappa shape index (κ2) is 8.88. The lowest BCUT2D eigenvalue weighted by Gasteiger charge is -2.36. The van der Waals surface area contributed by atoms with Crippen molar-refractivity contribution in [2.75, 3.05) is 49.1 Å². The number of carbonyl (C=O) groups is 3. The van der Waals surface area contributed by atoms with Gasteiger partial charge in [0, 0.05) is 44.7 Å². The van der Waals surface area contributed by atoms with Crippen LogP contribution in [0.4, 0.5) is 20.6 Å².